The smallest absolute Gasteiger partial charge is 0.223 e. The van der Waals surface area contributed by atoms with Gasteiger partial charge >= 0.3 is 0 Å². The van der Waals surface area contributed by atoms with Crippen LogP contribution in [0.15, 0.2) is 12.3 Å². The second-order valence-corrected chi connectivity index (χ2v) is 7.23. The van der Waals surface area contributed by atoms with E-state index in [9.17, 15) is 0 Å². The van der Waals surface area contributed by atoms with E-state index in [0.29, 0.717) is 63.8 Å². The van der Waals surface area contributed by atoms with E-state index in [1.54, 1.807) is 6.07 Å². The van der Waals surface area contributed by atoms with Gasteiger partial charge in [0.25, 0.3) is 0 Å². The molecule has 0 saturated carbocycles. The molecule has 0 fully saturated rings. The highest BCUT2D eigenvalue weighted by atomic mass is 35.5. The number of aromatic nitrogens is 3. The van der Waals surface area contributed by atoms with Crippen molar-refractivity contribution < 1.29 is 19.3 Å². The number of aliphatic hydroxyl groups excluding tert-OH is 1. The number of methoxy groups -OCH3 is 3. The third kappa shape index (κ3) is 4.59. The van der Waals surface area contributed by atoms with Crippen molar-refractivity contribution in [3.8, 4) is 29.1 Å². The van der Waals surface area contributed by atoms with E-state index in [-0.39, 0.29) is 17.7 Å². The van der Waals surface area contributed by atoms with Crippen molar-refractivity contribution in [1.82, 2.24) is 14.5 Å². The standard InChI is InChI=1S/C21H22Cl2N4O4/c1-29-14-9-13(16(22)18(31-3)17(14)30-2)11-27-10-12(7-5-4-6-8-28)15-19(23)25-21(24)26-20(15)27/h9-10,28H,4,6,8,11H2,1-3H3,(H2,24,25,26). The van der Waals surface area contributed by atoms with Crippen molar-refractivity contribution in [2.24, 2.45) is 0 Å². The SMILES string of the molecule is COc1cc(Cn2cc(C#CCCCO)c3c(Cl)nc(N)nc32)c(Cl)c(OC)c1OC. The van der Waals surface area contributed by atoms with Gasteiger partial charge in [-0.2, -0.15) is 4.98 Å². The zero-order chi connectivity index (χ0) is 22.5. The lowest BCUT2D eigenvalue weighted by Crippen LogP contribution is -2.05. The highest BCUT2D eigenvalue weighted by Gasteiger charge is 2.21. The van der Waals surface area contributed by atoms with Gasteiger partial charge < -0.3 is 29.6 Å². The van der Waals surface area contributed by atoms with Crippen LogP contribution < -0.4 is 19.9 Å². The van der Waals surface area contributed by atoms with E-state index in [1.807, 2.05) is 10.8 Å². The zero-order valence-electron chi connectivity index (χ0n) is 17.3. The topological polar surface area (TPSA) is 105 Å². The molecule has 0 atom stereocenters. The second kappa shape index (κ2) is 9.96. The van der Waals surface area contributed by atoms with Gasteiger partial charge in [-0.3, -0.25) is 0 Å². The Morgan fingerprint density at radius 1 is 1.13 bits per heavy atom. The maximum Gasteiger partial charge on any atom is 0.223 e. The normalized spacial score (nSPS) is 10.6. The molecule has 0 aliphatic heterocycles. The molecule has 2 heterocycles. The lowest BCUT2D eigenvalue weighted by Gasteiger charge is -2.17. The van der Waals surface area contributed by atoms with Crippen LogP contribution in [0, 0.1) is 11.8 Å². The van der Waals surface area contributed by atoms with Crippen LogP contribution >= 0.6 is 23.2 Å². The van der Waals surface area contributed by atoms with Crippen molar-refractivity contribution in [1.29, 1.82) is 0 Å². The van der Waals surface area contributed by atoms with Crippen LogP contribution in [0.5, 0.6) is 17.2 Å². The summed E-state index contributed by atoms with van der Waals surface area (Å²) in [4.78, 5) is 8.40. The first kappa shape index (κ1) is 22.8. The van der Waals surface area contributed by atoms with Gasteiger partial charge in [0.05, 0.1) is 43.8 Å². The Bertz CT molecular complexity index is 1170. The van der Waals surface area contributed by atoms with E-state index >= 15 is 0 Å². The summed E-state index contributed by atoms with van der Waals surface area (Å²) in [6.45, 7) is 0.396. The summed E-state index contributed by atoms with van der Waals surface area (Å²) in [5.41, 5.74) is 7.71. The fourth-order valence-corrected chi connectivity index (χ4v) is 3.72. The number of aliphatic hydroxyl groups is 1. The molecule has 0 aliphatic rings. The van der Waals surface area contributed by atoms with Crippen LogP contribution in [0.2, 0.25) is 10.2 Å². The number of hydrogen-bond acceptors (Lipinski definition) is 7. The van der Waals surface area contributed by atoms with Crippen LogP contribution in [0.4, 0.5) is 5.95 Å². The quantitative estimate of drug-likeness (QED) is 0.313. The molecule has 0 saturated heterocycles. The molecule has 10 heteroatoms. The summed E-state index contributed by atoms with van der Waals surface area (Å²) >= 11 is 13.0. The van der Waals surface area contributed by atoms with Gasteiger partial charge in [0.15, 0.2) is 11.5 Å². The molecule has 31 heavy (non-hydrogen) atoms. The van der Waals surface area contributed by atoms with E-state index in [0.717, 1.165) is 0 Å². The Kier molecular flexibility index (Phi) is 7.33. The number of unbranched alkanes of at least 4 members (excludes halogenated alkanes) is 1. The molecule has 0 bridgehead atoms. The molecule has 3 N–H and O–H groups in total. The summed E-state index contributed by atoms with van der Waals surface area (Å²) in [5, 5.41) is 10.1. The van der Waals surface area contributed by atoms with Crippen LogP contribution in [-0.4, -0.2) is 47.6 Å². The molecule has 0 spiro atoms. The van der Waals surface area contributed by atoms with Gasteiger partial charge in [-0.1, -0.05) is 35.0 Å². The molecule has 1 aromatic carbocycles. The van der Waals surface area contributed by atoms with Crippen LogP contribution in [0.1, 0.15) is 24.0 Å². The van der Waals surface area contributed by atoms with E-state index in [1.165, 1.54) is 21.3 Å². The molecule has 0 aliphatic carbocycles. The van der Waals surface area contributed by atoms with Gasteiger partial charge in [0.2, 0.25) is 11.7 Å². The summed E-state index contributed by atoms with van der Waals surface area (Å²) in [6, 6.07) is 1.77. The monoisotopic (exact) mass is 464 g/mol. The van der Waals surface area contributed by atoms with Gasteiger partial charge in [-0.15, -0.1) is 0 Å². The van der Waals surface area contributed by atoms with Gasteiger partial charge in [0, 0.05) is 19.2 Å². The highest BCUT2D eigenvalue weighted by Crippen LogP contribution is 2.45. The van der Waals surface area contributed by atoms with Crippen LogP contribution in [0.3, 0.4) is 0 Å². The molecular weight excluding hydrogens is 443 g/mol. The predicted molar refractivity (Wildman–Crippen MR) is 120 cm³/mol. The Labute approximate surface area is 189 Å². The van der Waals surface area contributed by atoms with Gasteiger partial charge in [0.1, 0.15) is 10.8 Å². The Morgan fingerprint density at radius 3 is 2.52 bits per heavy atom. The average molecular weight is 465 g/mol. The molecule has 0 radical (unpaired) electrons. The number of nitrogen functional groups attached to an aromatic ring is 1. The summed E-state index contributed by atoms with van der Waals surface area (Å²) in [5.74, 6) is 7.40. The summed E-state index contributed by atoms with van der Waals surface area (Å²) < 4.78 is 18.1. The Balaban J connectivity index is 2.15. The Hall–Kier alpha value is -2.86. The van der Waals surface area contributed by atoms with Gasteiger partial charge in [-0.05, 0) is 18.1 Å². The maximum absolute atomic E-state index is 8.96. The number of fused-ring (bicyclic) bond motifs is 1. The number of nitrogens with two attached hydrogens (primary N) is 1. The van der Waals surface area contributed by atoms with Crippen LogP contribution in [0.25, 0.3) is 11.0 Å². The molecule has 164 valence electrons. The number of rotatable bonds is 7. The van der Waals surface area contributed by atoms with E-state index < -0.39 is 0 Å². The number of ether oxygens (including phenoxy) is 3. The number of benzene rings is 1. The number of halogens is 2. The molecule has 0 amide bonds. The molecule has 3 rings (SSSR count). The largest absolute Gasteiger partial charge is 0.493 e. The maximum atomic E-state index is 8.96. The van der Waals surface area contributed by atoms with Crippen molar-refractivity contribution in [2.75, 3.05) is 33.7 Å². The van der Waals surface area contributed by atoms with Crippen molar-refractivity contribution in [3.63, 3.8) is 0 Å². The predicted octanol–water partition coefficient (Wildman–Crippen LogP) is 3.52. The molecule has 0 unspecified atom stereocenters. The highest BCUT2D eigenvalue weighted by molar-refractivity contribution is 6.34. The zero-order valence-corrected chi connectivity index (χ0v) is 18.8. The number of anilines is 1. The minimum absolute atomic E-state index is 0.0487. The van der Waals surface area contributed by atoms with Crippen molar-refractivity contribution in [3.05, 3.63) is 33.6 Å². The first-order valence-corrected chi connectivity index (χ1v) is 10.1. The first-order valence-electron chi connectivity index (χ1n) is 9.34. The minimum atomic E-state index is 0.0487. The summed E-state index contributed by atoms with van der Waals surface area (Å²) in [6.07, 6.45) is 2.95. The lowest BCUT2D eigenvalue weighted by atomic mass is 10.1. The van der Waals surface area contributed by atoms with Crippen molar-refractivity contribution >= 4 is 40.2 Å². The number of nitrogens with zero attached hydrogens (tertiary/aromatic N) is 3. The molecular formula is C21H22Cl2N4O4. The molecule has 2 aromatic heterocycles. The fourth-order valence-electron chi connectivity index (χ4n) is 3.17. The molecule has 8 nitrogen and oxygen atoms in total. The van der Waals surface area contributed by atoms with Crippen LogP contribution in [-0.2, 0) is 6.54 Å². The summed E-state index contributed by atoms with van der Waals surface area (Å²) in [7, 11) is 4.55. The van der Waals surface area contributed by atoms with E-state index in [4.69, 9.17) is 48.3 Å². The van der Waals surface area contributed by atoms with E-state index in [2.05, 4.69) is 21.8 Å². The average Bonchev–Trinajstić information content (AvgIpc) is 3.09. The Morgan fingerprint density at radius 2 is 1.87 bits per heavy atom. The first-order chi connectivity index (χ1) is 14.9. The van der Waals surface area contributed by atoms with Gasteiger partial charge in [-0.25, -0.2) is 4.98 Å². The third-order valence-corrected chi connectivity index (χ3v) is 5.25. The third-order valence-electron chi connectivity index (χ3n) is 4.56. The second-order valence-electron chi connectivity index (χ2n) is 6.49. The fraction of sp³-hybridized carbons (Fsp3) is 0.333. The molecule has 3 aromatic rings. The number of hydrogen-bond donors (Lipinski definition) is 2. The lowest BCUT2D eigenvalue weighted by molar-refractivity contribution is 0.290. The van der Waals surface area contributed by atoms with Crippen molar-refractivity contribution in [2.45, 2.75) is 19.4 Å². The minimum Gasteiger partial charge on any atom is -0.493 e.